The zero-order valence-corrected chi connectivity index (χ0v) is 20.1. The first-order chi connectivity index (χ1) is 16.2. The summed E-state index contributed by atoms with van der Waals surface area (Å²) in [6, 6.07) is 11.9. The molecule has 0 radical (unpaired) electrons. The number of amides is 1. The number of carbonyl (C=O) groups excluding carboxylic acids is 1. The van der Waals surface area contributed by atoms with Crippen LogP contribution in [-0.2, 0) is 11.3 Å². The second-order valence-corrected chi connectivity index (χ2v) is 9.40. The first-order valence-corrected chi connectivity index (χ1v) is 11.6. The number of hydrogen-bond acceptors (Lipinski definition) is 7. The largest absolute Gasteiger partial charge is 0.480 e. The maximum Gasteiger partial charge on any atom is 0.271 e. The Labute approximate surface area is 200 Å². The molecule has 0 spiro atoms. The third-order valence-electron chi connectivity index (χ3n) is 4.77. The lowest BCUT2D eigenvalue weighted by Gasteiger charge is -2.19. The first kappa shape index (κ1) is 25.2. The van der Waals surface area contributed by atoms with Gasteiger partial charge in [-0.15, -0.1) is 10.2 Å². The molecule has 0 aliphatic carbocycles. The number of nitro groups is 1. The average Bonchev–Trinajstić information content (AvgIpc) is 3.16. The van der Waals surface area contributed by atoms with Gasteiger partial charge in [-0.05, 0) is 38.0 Å². The lowest BCUT2D eigenvalue weighted by atomic mass is 10.2. The van der Waals surface area contributed by atoms with Gasteiger partial charge in [0.25, 0.3) is 5.69 Å². The zero-order chi connectivity index (χ0) is 24.8. The molecular formula is C23H26FN5O4S. The summed E-state index contributed by atoms with van der Waals surface area (Å²) in [5, 5.41) is 22.1. The van der Waals surface area contributed by atoms with E-state index in [9.17, 15) is 19.3 Å². The summed E-state index contributed by atoms with van der Waals surface area (Å²) in [5.41, 5.74) is 0.228. The van der Waals surface area contributed by atoms with Crippen molar-refractivity contribution in [3.8, 4) is 5.75 Å². The molecule has 1 aromatic heterocycles. The molecule has 0 aliphatic rings. The van der Waals surface area contributed by atoms with Crippen LogP contribution in [0.4, 0.5) is 15.8 Å². The molecule has 0 saturated carbocycles. The summed E-state index contributed by atoms with van der Waals surface area (Å²) in [6.07, 6.45) is -0.577. The van der Waals surface area contributed by atoms with E-state index in [4.69, 9.17) is 4.74 Å². The van der Waals surface area contributed by atoms with E-state index in [-0.39, 0.29) is 23.3 Å². The third-order valence-corrected chi connectivity index (χ3v) is 5.85. The molecule has 1 N–H and O–H groups in total. The van der Waals surface area contributed by atoms with Gasteiger partial charge in [-0.1, -0.05) is 43.8 Å². The Bertz CT molecular complexity index is 1170. The molecule has 2 aromatic carbocycles. The quantitative estimate of drug-likeness (QED) is 0.236. The lowest BCUT2D eigenvalue weighted by Crippen LogP contribution is -2.23. The van der Waals surface area contributed by atoms with Crippen LogP contribution in [0.5, 0.6) is 5.75 Å². The molecule has 0 saturated heterocycles. The van der Waals surface area contributed by atoms with Crippen LogP contribution in [0.15, 0.2) is 53.7 Å². The SMILES string of the molecule is CC(C)Cn1c(SC(C)C(=O)Nc2cccc([N+](=O)[O-])c2)nnc1C(C)Oc1ccccc1F. The van der Waals surface area contributed by atoms with Gasteiger partial charge in [0.1, 0.15) is 0 Å². The Balaban J connectivity index is 1.76. The number of aromatic nitrogens is 3. The average molecular weight is 488 g/mol. The number of nitro benzene ring substituents is 1. The zero-order valence-electron chi connectivity index (χ0n) is 19.3. The molecule has 0 bridgehead atoms. The van der Waals surface area contributed by atoms with E-state index >= 15 is 0 Å². The number of nitrogens with zero attached hydrogens (tertiary/aromatic N) is 4. The van der Waals surface area contributed by atoms with Crippen molar-refractivity contribution in [2.75, 3.05) is 5.32 Å². The molecule has 2 atom stereocenters. The summed E-state index contributed by atoms with van der Waals surface area (Å²) < 4.78 is 21.7. The molecule has 34 heavy (non-hydrogen) atoms. The van der Waals surface area contributed by atoms with Gasteiger partial charge in [0.05, 0.1) is 10.2 Å². The number of halogens is 1. The molecule has 3 aromatic rings. The van der Waals surface area contributed by atoms with Gasteiger partial charge >= 0.3 is 0 Å². The Hall–Kier alpha value is -3.47. The summed E-state index contributed by atoms with van der Waals surface area (Å²) in [5.74, 6) is 0.0922. The van der Waals surface area contributed by atoms with Crippen molar-refractivity contribution in [1.82, 2.24) is 14.8 Å². The number of hydrogen-bond donors (Lipinski definition) is 1. The normalized spacial score (nSPS) is 12.9. The number of rotatable bonds is 10. The number of non-ortho nitro benzene ring substituents is 1. The molecule has 1 heterocycles. The van der Waals surface area contributed by atoms with Crippen molar-refractivity contribution in [3.63, 3.8) is 0 Å². The van der Waals surface area contributed by atoms with Gasteiger partial charge in [0, 0.05) is 24.4 Å². The highest BCUT2D eigenvalue weighted by molar-refractivity contribution is 8.00. The van der Waals surface area contributed by atoms with Gasteiger partial charge in [0.2, 0.25) is 5.91 Å². The number of benzene rings is 2. The minimum atomic E-state index is -0.577. The van der Waals surface area contributed by atoms with Crippen molar-refractivity contribution in [3.05, 3.63) is 70.3 Å². The molecule has 1 amide bonds. The van der Waals surface area contributed by atoms with Crippen LogP contribution < -0.4 is 10.1 Å². The Morgan fingerprint density at radius 3 is 2.59 bits per heavy atom. The van der Waals surface area contributed by atoms with E-state index in [0.717, 1.165) is 0 Å². The van der Waals surface area contributed by atoms with Gasteiger partial charge < -0.3 is 14.6 Å². The van der Waals surface area contributed by atoms with Crippen LogP contribution in [0.25, 0.3) is 0 Å². The predicted molar refractivity (Wildman–Crippen MR) is 127 cm³/mol. The maximum atomic E-state index is 14.0. The van der Waals surface area contributed by atoms with Gasteiger partial charge in [0.15, 0.2) is 28.7 Å². The molecule has 0 aliphatic heterocycles. The second-order valence-electron chi connectivity index (χ2n) is 8.09. The Morgan fingerprint density at radius 1 is 1.18 bits per heavy atom. The van der Waals surface area contributed by atoms with Crippen molar-refractivity contribution in [2.24, 2.45) is 5.92 Å². The van der Waals surface area contributed by atoms with Crippen LogP contribution in [0.1, 0.15) is 39.6 Å². The van der Waals surface area contributed by atoms with Gasteiger partial charge in [-0.25, -0.2) is 4.39 Å². The monoisotopic (exact) mass is 487 g/mol. The minimum absolute atomic E-state index is 0.108. The number of nitrogens with one attached hydrogen (secondary N) is 1. The first-order valence-electron chi connectivity index (χ1n) is 10.7. The topological polar surface area (TPSA) is 112 Å². The van der Waals surface area contributed by atoms with Crippen molar-refractivity contribution in [2.45, 2.75) is 50.8 Å². The molecule has 3 rings (SSSR count). The molecule has 9 nitrogen and oxygen atoms in total. The Kier molecular flexibility index (Phi) is 8.21. The van der Waals surface area contributed by atoms with Crippen LogP contribution in [-0.4, -0.2) is 30.8 Å². The van der Waals surface area contributed by atoms with Crippen molar-refractivity contribution in [1.29, 1.82) is 0 Å². The van der Waals surface area contributed by atoms with E-state index in [1.807, 2.05) is 18.4 Å². The van der Waals surface area contributed by atoms with Crippen LogP contribution in [0, 0.1) is 21.8 Å². The van der Waals surface area contributed by atoms with Gasteiger partial charge in [-0.3, -0.25) is 14.9 Å². The number of para-hydroxylation sites is 1. The van der Waals surface area contributed by atoms with Crippen molar-refractivity contribution >= 4 is 29.0 Å². The molecule has 2 unspecified atom stereocenters. The van der Waals surface area contributed by atoms with E-state index in [1.165, 1.54) is 36.0 Å². The third kappa shape index (κ3) is 6.31. The van der Waals surface area contributed by atoms with Crippen LogP contribution in [0.2, 0.25) is 0 Å². The van der Waals surface area contributed by atoms with Crippen molar-refractivity contribution < 1.29 is 18.8 Å². The van der Waals surface area contributed by atoms with Gasteiger partial charge in [-0.2, -0.15) is 0 Å². The summed E-state index contributed by atoms with van der Waals surface area (Å²) >= 11 is 1.21. The highest BCUT2D eigenvalue weighted by atomic mass is 32.2. The van der Waals surface area contributed by atoms with E-state index in [0.29, 0.717) is 23.2 Å². The fourth-order valence-electron chi connectivity index (χ4n) is 3.16. The standard InChI is InChI=1S/C23H26FN5O4S/c1-14(2)13-28-21(15(3)33-20-11-6-5-10-19(20)24)26-27-23(28)34-16(4)22(30)25-17-8-7-9-18(12-17)29(31)32/h5-12,14-16H,13H2,1-4H3,(H,25,30). The number of carbonyl (C=O) groups is 1. The van der Waals surface area contributed by atoms with Crippen LogP contribution >= 0.6 is 11.8 Å². The van der Waals surface area contributed by atoms with E-state index in [1.54, 1.807) is 38.1 Å². The highest BCUT2D eigenvalue weighted by Gasteiger charge is 2.24. The molecular weight excluding hydrogens is 461 g/mol. The fourth-order valence-corrected chi connectivity index (χ4v) is 4.03. The number of ether oxygens (including phenoxy) is 1. The second kappa shape index (κ2) is 11.1. The van der Waals surface area contributed by atoms with E-state index in [2.05, 4.69) is 15.5 Å². The Morgan fingerprint density at radius 2 is 1.91 bits per heavy atom. The predicted octanol–water partition coefficient (Wildman–Crippen LogP) is 5.24. The smallest absolute Gasteiger partial charge is 0.271 e. The molecule has 180 valence electrons. The number of anilines is 1. The maximum absolute atomic E-state index is 14.0. The highest BCUT2D eigenvalue weighted by Crippen LogP contribution is 2.29. The van der Waals surface area contributed by atoms with E-state index < -0.39 is 22.1 Å². The number of thioether (sulfide) groups is 1. The summed E-state index contributed by atoms with van der Waals surface area (Å²) in [4.78, 5) is 23.2. The van der Waals surface area contributed by atoms with Crippen LogP contribution in [0.3, 0.4) is 0 Å². The fraction of sp³-hybridized carbons (Fsp3) is 0.348. The lowest BCUT2D eigenvalue weighted by molar-refractivity contribution is -0.384. The molecule has 0 fully saturated rings. The summed E-state index contributed by atoms with van der Waals surface area (Å²) in [7, 11) is 0. The summed E-state index contributed by atoms with van der Waals surface area (Å²) in [6.45, 7) is 8.14. The molecule has 11 heteroatoms. The minimum Gasteiger partial charge on any atom is -0.480 e.